The predicted molar refractivity (Wildman–Crippen MR) is 259 cm³/mol. The Morgan fingerprint density at radius 3 is 1.57 bits per heavy atom. The lowest BCUT2D eigenvalue weighted by Crippen LogP contribution is -2.09. The van der Waals surface area contributed by atoms with Crippen LogP contribution in [0.4, 0.5) is 23.3 Å². The first-order valence-corrected chi connectivity index (χ1v) is 23.6. The molecule has 0 amide bonds. The van der Waals surface area contributed by atoms with E-state index in [0.717, 1.165) is 42.6 Å². The number of anilines is 4. The SMILES string of the molecule is C[C@@H](C#N)CC(=O)c1ccc(-c2nc(Nc3cnn(C4CC4)c3)ncc2Cl)cn1.C[C@H](N)C#N.Cc1ccc(S(=O)(=O)O)cc1.O=C(O)c1ccc(-c2nc(Nc3cnn(C4CC4)c3)ncc2Cl)cn1. The van der Waals surface area contributed by atoms with Crippen molar-refractivity contribution in [1.82, 2.24) is 49.5 Å². The number of carboxylic acids is 1. The molecule has 2 fully saturated rings. The zero-order valence-corrected chi connectivity index (χ0v) is 40.0. The average molecular weight is 1010 g/mol. The number of nitrogens with zero attached hydrogens (tertiary/aromatic N) is 12. The van der Waals surface area contributed by atoms with E-state index in [4.69, 9.17) is 49.1 Å². The van der Waals surface area contributed by atoms with Crippen molar-refractivity contribution in [2.45, 2.75) is 75.9 Å². The number of halogens is 2. The molecule has 0 saturated heterocycles. The van der Waals surface area contributed by atoms with Crippen molar-refractivity contribution >= 4 is 68.3 Å². The van der Waals surface area contributed by atoms with Gasteiger partial charge in [-0.2, -0.15) is 29.1 Å². The number of aryl methyl sites for hydroxylation is 1. The molecule has 9 rings (SSSR count). The number of Topliss-reactive ketones (excluding diaryl/α,β-unsaturated/α-hetero) is 1. The molecule has 0 aliphatic heterocycles. The smallest absolute Gasteiger partial charge is 0.354 e. The van der Waals surface area contributed by atoms with Gasteiger partial charge in [-0.3, -0.25) is 23.7 Å². The molecule has 6 aromatic heterocycles. The summed E-state index contributed by atoms with van der Waals surface area (Å²) >= 11 is 12.5. The summed E-state index contributed by atoms with van der Waals surface area (Å²) < 4.78 is 33.4. The maximum Gasteiger partial charge on any atom is 0.354 e. The molecule has 6 heterocycles. The number of nitrogens with one attached hydrogen (secondary N) is 2. The molecule has 1 aromatic carbocycles. The topological polar surface area (TPSA) is 319 Å². The first kappa shape index (κ1) is 51.7. The number of aromatic carboxylic acids is 1. The van der Waals surface area contributed by atoms with Crippen molar-refractivity contribution in [3.8, 4) is 34.7 Å². The molecule has 24 heteroatoms. The maximum absolute atomic E-state index is 12.2. The second-order valence-corrected chi connectivity index (χ2v) is 18.2. The minimum atomic E-state index is -4.02. The van der Waals surface area contributed by atoms with E-state index in [2.05, 4.69) is 56.8 Å². The highest BCUT2D eigenvalue weighted by atomic mass is 35.5. The zero-order valence-electron chi connectivity index (χ0n) is 37.7. The minimum absolute atomic E-state index is 0.0419. The van der Waals surface area contributed by atoms with Crippen LogP contribution in [0.25, 0.3) is 22.5 Å². The van der Waals surface area contributed by atoms with Gasteiger partial charge in [0.1, 0.15) is 11.4 Å². The fourth-order valence-electron chi connectivity index (χ4n) is 5.90. The standard InChI is InChI=1S/C20H18ClN7O.C16H13ClN6O2.C7H8O3S.C3H6N2/c1-12(7-22)6-18(29)17-5-2-13(8-23-17)19-16(21)10-24-20(27-19)26-14-9-25-28(11-14)15-3-4-15;17-12-7-19-16(21-10-6-20-23(8-10)11-2-3-11)22-14(12)9-1-4-13(15(24)25)18-5-9;1-6-2-4-7(5-3-6)11(8,9)10;1-3(5)2-4/h2,5,8-12,15H,3-4,6H2,1H3,(H,24,26,27);1,4-8,11H,2-3H2,(H,24,25)(H,19,21,22);2-5H,1H3,(H,8,9,10);3H,5H2,1H3/t12-;;;3-/m1..0/s1. The number of nitrogens with two attached hydrogens (primary N) is 1. The summed E-state index contributed by atoms with van der Waals surface area (Å²) in [5, 5.41) is 41.1. The lowest BCUT2D eigenvalue weighted by atomic mass is 10.0. The van der Waals surface area contributed by atoms with Gasteiger partial charge >= 0.3 is 5.97 Å². The van der Waals surface area contributed by atoms with Gasteiger partial charge in [0.25, 0.3) is 10.1 Å². The number of aromatic nitrogens is 10. The van der Waals surface area contributed by atoms with Crippen LogP contribution in [0.15, 0.2) is 103 Å². The quantitative estimate of drug-likeness (QED) is 0.0534. The van der Waals surface area contributed by atoms with E-state index < -0.39 is 16.1 Å². The third kappa shape index (κ3) is 15.1. The molecule has 2 atom stereocenters. The van der Waals surface area contributed by atoms with Gasteiger partial charge in [-0.05, 0) is 82.9 Å². The third-order valence-electron chi connectivity index (χ3n) is 9.86. The third-order valence-corrected chi connectivity index (χ3v) is 11.3. The predicted octanol–water partition coefficient (Wildman–Crippen LogP) is 8.46. The van der Waals surface area contributed by atoms with Crippen molar-refractivity contribution < 1.29 is 27.7 Å². The summed E-state index contributed by atoms with van der Waals surface area (Å²) in [4.78, 5) is 48.4. The van der Waals surface area contributed by atoms with E-state index in [0.29, 0.717) is 62.2 Å². The van der Waals surface area contributed by atoms with Crippen LogP contribution in [0.5, 0.6) is 0 Å². The Hall–Kier alpha value is -7.73. The van der Waals surface area contributed by atoms with E-state index >= 15 is 0 Å². The van der Waals surface area contributed by atoms with Crippen LogP contribution in [-0.2, 0) is 10.1 Å². The number of hydrogen-bond acceptors (Lipinski definition) is 17. The second kappa shape index (κ2) is 23.5. The number of pyridine rings is 2. The highest BCUT2D eigenvalue weighted by Crippen LogP contribution is 2.36. The molecule has 0 radical (unpaired) electrons. The number of ketones is 1. The van der Waals surface area contributed by atoms with Crippen molar-refractivity contribution in [3.63, 3.8) is 0 Å². The number of nitriles is 2. The molecular formula is C46H45Cl2N15O6S. The van der Waals surface area contributed by atoms with E-state index in [1.807, 2.05) is 28.7 Å². The first-order chi connectivity index (χ1) is 33.4. The number of carbonyl (C=O) groups excluding carboxylic acids is 1. The number of hydrogen-bond donors (Lipinski definition) is 5. The Morgan fingerprint density at radius 2 is 1.20 bits per heavy atom. The molecule has 70 heavy (non-hydrogen) atoms. The van der Waals surface area contributed by atoms with Gasteiger partial charge in [0.15, 0.2) is 5.78 Å². The fourth-order valence-corrected chi connectivity index (χ4v) is 6.78. The highest BCUT2D eigenvalue weighted by Gasteiger charge is 2.25. The van der Waals surface area contributed by atoms with Crippen molar-refractivity contribution in [2.75, 3.05) is 10.6 Å². The van der Waals surface area contributed by atoms with Crippen molar-refractivity contribution in [1.29, 1.82) is 10.5 Å². The molecule has 2 saturated carbocycles. The Kier molecular flexibility index (Phi) is 17.4. The van der Waals surface area contributed by atoms with Crippen LogP contribution in [0.3, 0.4) is 0 Å². The number of carbonyl (C=O) groups is 2. The van der Waals surface area contributed by atoms with Crippen LogP contribution < -0.4 is 16.4 Å². The van der Waals surface area contributed by atoms with E-state index in [1.54, 1.807) is 68.8 Å². The van der Waals surface area contributed by atoms with Crippen LogP contribution in [0.1, 0.15) is 84.6 Å². The second-order valence-electron chi connectivity index (χ2n) is 15.9. The summed E-state index contributed by atoms with van der Waals surface area (Å²) in [6.07, 6.45) is 18.0. The molecule has 0 unspecified atom stereocenters. The summed E-state index contributed by atoms with van der Waals surface area (Å²) in [7, 11) is -4.02. The number of benzene rings is 1. The number of carboxylic acid groups (broad SMARTS) is 1. The van der Waals surface area contributed by atoms with Gasteiger partial charge in [-0.1, -0.05) is 40.9 Å². The highest BCUT2D eigenvalue weighted by molar-refractivity contribution is 7.85. The summed E-state index contributed by atoms with van der Waals surface area (Å²) in [5.41, 5.74) is 10.0. The fraction of sp³-hybridized carbons (Fsp3) is 0.261. The normalized spacial score (nSPS) is 13.5. The lowest BCUT2D eigenvalue weighted by Gasteiger charge is -2.08. The molecule has 2 aliphatic rings. The van der Waals surface area contributed by atoms with Gasteiger partial charge in [0.2, 0.25) is 11.9 Å². The van der Waals surface area contributed by atoms with E-state index in [9.17, 15) is 18.0 Å². The van der Waals surface area contributed by atoms with Gasteiger partial charge in [0.05, 0.1) is 98.7 Å². The van der Waals surface area contributed by atoms with Crippen LogP contribution in [-0.4, -0.2) is 85.3 Å². The van der Waals surface area contributed by atoms with Crippen molar-refractivity contribution in [2.24, 2.45) is 11.7 Å². The molecule has 2 aliphatic carbocycles. The van der Waals surface area contributed by atoms with Gasteiger partial charge in [-0.25, -0.2) is 29.7 Å². The van der Waals surface area contributed by atoms with Crippen LogP contribution in [0.2, 0.25) is 10.0 Å². The monoisotopic (exact) mass is 1010 g/mol. The van der Waals surface area contributed by atoms with E-state index in [-0.39, 0.29) is 34.8 Å². The molecule has 7 aromatic rings. The lowest BCUT2D eigenvalue weighted by molar-refractivity contribution is 0.0690. The summed E-state index contributed by atoms with van der Waals surface area (Å²) in [5.74, 6) is -0.845. The molecular weight excluding hydrogens is 962 g/mol. The van der Waals surface area contributed by atoms with Gasteiger partial charge in [0, 0.05) is 42.3 Å². The molecule has 360 valence electrons. The zero-order chi connectivity index (χ0) is 50.5. The Bertz CT molecular complexity index is 3130. The number of rotatable bonds is 13. The molecule has 6 N–H and O–H groups in total. The van der Waals surface area contributed by atoms with Crippen LogP contribution in [0, 0.1) is 35.5 Å². The molecule has 0 bridgehead atoms. The summed E-state index contributed by atoms with van der Waals surface area (Å²) in [6, 6.07) is 16.9. The maximum atomic E-state index is 12.2. The molecule has 21 nitrogen and oxygen atoms in total. The summed E-state index contributed by atoms with van der Waals surface area (Å²) in [6.45, 7) is 5.18. The Labute approximate surface area is 412 Å². The Balaban J connectivity index is 0.000000177. The van der Waals surface area contributed by atoms with Crippen molar-refractivity contribution in [3.05, 3.63) is 125 Å². The van der Waals surface area contributed by atoms with E-state index in [1.165, 1.54) is 36.8 Å². The van der Waals surface area contributed by atoms with Gasteiger partial charge < -0.3 is 21.5 Å². The average Bonchev–Trinajstić information content (AvgIpc) is 4.29. The minimum Gasteiger partial charge on any atom is -0.477 e. The molecule has 0 spiro atoms. The Morgan fingerprint density at radius 1 is 0.743 bits per heavy atom. The first-order valence-electron chi connectivity index (χ1n) is 21.4. The van der Waals surface area contributed by atoms with Crippen LogP contribution >= 0.6 is 23.2 Å². The van der Waals surface area contributed by atoms with Gasteiger partial charge in [-0.15, -0.1) is 0 Å². The largest absolute Gasteiger partial charge is 0.477 e.